The molecular weight excluding hydrogens is 198 g/mol. The first kappa shape index (κ1) is 9.60. The van der Waals surface area contributed by atoms with E-state index in [1.807, 2.05) is 18.2 Å². The van der Waals surface area contributed by atoms with E-state index in [4.69, 9.17) is 5.73 Å². The molecule has 16 heavy (non-hydrogen) atoms. The van der Waals surface area contributed by atoms with E-state index in [-0.39, 0.29) is 6.04 Å². The van der Waals surface area contributed by atoms with Gasteiger partial charge in [0.05, 0.1) is 5.69 Å². The fraction of sp³-hybridized carbons (Fsp3) is 0.308. The molecule has 82 valence electrons. The fourth-order valence-electron chi connectivity index (χ4n) is 2.36. The van der Waals surface area contributed by atoms with E-state index in [9.17, 15) is 0 Å². The number of nitrogens with zero attached hydrogens (tertiary/aromatic N) is 1. The summed E-state index contributed by atoms with van der Waals surface area (Å²) in [5, 5.41) is 7.56. The Bertz CT molecular complexity index is 487. The molecule has 0 fully saturated rings. The zero-order valence-corrected chi connectivity index (χ0v) is 9.11. The quantitative estimate of drug-likeness (QED) is 0.760. The lowest BCUT2D eigenvalue weighted by molar-refractivity contribution is 0.572. The SMILES string of the molecule is N[C@H]1CCc2[nH]nc(-c3ccccc3)c2C1. The van der Waals surface area contributed by atoms with E-state index in [0.29, 0.717) is 0 Å². The Labute approximate surface area is 94.7 Å². The predicted molar refractivity (Wildman–Crippen MR) is 64.0 cm³/mol. The zero-order valence-electron chi connectivity index (χ0n) is 9.11. The molecule has 1 aromatic carbocycles. The predicted octanol–water partition coefficient (Wildman–Crippen LogP) is 1.89. The molecule has 0 spiro atoms. The van der Waals surface area contributed by atoms with Crippen molar-refractivity contribution < 1.29 is 0 Å². The highest BCUT2D eigenvalue weighted by atomic mass is 15.1. The van der Waals surface area contributed by atoms with Crippen molar-refractivity contribution >= 4 is 0 Å². The van der Waals surface area contributed by atoms with Gasteiger partial charge in [-0.05, 0) is 19.3 Å². The summed E-state index contributed by atoms with van der Waals surface area (Å²) in [5.74, 6) is 0. The van der Waals surface area contributed by atoms with Crippen LogP contribution in [0.4, 0.5) is 0 Å². The third-order valence-electron chi connectivity index (χ3n) is 3.23. The summed E-state index contributed by atoms with van der Waals surface area (Å²) < 4.78 is 0. The molecule has 0 saturated carbocycles. The fourth-order valence-corrected chi connectivity index (χ4v) is 2.36. The van der Waals surface area contributed by atoms with Crippen LogP contribution in [0, 0.1) is 0 Å². The largest absolute Gasteiger partial charge is 0.327 e. The smallest absolute Gasteiger partial charge is 0.0956 e. The summed E-state index contributed by atoms with van der Waals surface area (Å²) in [5.41, 5.74) is 10.8. The Morgan fingerprint density at radius 1 is 1.25 bits per heavy atom. The molecule has 0 aliphatic heterocycles. The van der Waals surface area contributed by atoms with Gasteiger partial charge in [-0.1, -0.05) is 30.3 Å². The van der Waals surface area contributed by atoms with Crippen molar-refractivity contribution in [1.29, 1.82) is 0 Å². The lowest BCUT2D eigenvalue weighted by atomic mass is 9.90. The second-order valence-electron chi connectivity index (χ2n) is 4.40. The summed E-state index contributed by atoms with van der Waals surface area (Å²) >= 11 is 0. The van der Waals surface area contributed by atoms with Gasteiger partial charge in [0, 0.05) is 22.9 Å². The highest BCUT2D eigenvalue weighted by molar-refractivity contribution is 5.64. The van der Waals surface area contributed by atoms with Crippen LogP contribution in [-0.4, -0.2) is 16.2 Å². The lowest BCUT2D eigenvalue weighted by Gasteiger charge is -2.18. The van der Waals surface area contributed by atoms with Crippen molar-refractivity contribution in [1.82, 2.24) is 10.2 Å². The molecule has 0 radical (unpaired) electrons. The summed E-state index contributed by atoms with van der Waals surface area (Å²) in [4.78, 5) is 0. The average molecular weight is 213 g/mol. The van der Waals surface area contributed by atoms with E-state index in [2.05, 4.69) is 22.3 Å². The van der Waals surface area contributed by atoms with Crippen molar-refractivity contribution in [3.63, 3.8) is 0 Å². The first-order valence-electron chi connectivity index (χ1n) is 5.71. The van der Waals surface area contributed by atoms with Crippen LogP contribution in [0.15, 0.2) is 30.3 Å². The molecule has 0 unspecified atom stereocenters. The van der Waals surface area contributed by atoms with E-state index >= 15 is 0 Å². The Morgan fingerprint density at radius 2 is 2.06 bits per heavy atom. The molecule has 3 rings (SSSR count). The number of rotatable bonds is 1. The first-order chi connectivity index (χ1) is 7.84. The number of H-pyrrole nitrogens is 1. The molecule has 2 aromatic rings. The minimum Gasteiger partial charge on any atom is -0.327 e. The van der Waals surface area contributed by atoms with Crippen molar-refractivity contribution in [3.05, 3.63) is 41.6 Å². The molecule has 1 aromatic heterocycles. The number of aryl methyl sites for hydroxylation is 1. The minimum absolute atomic E-state index is 0.285. The van der Waals surface area contributed by atoms with Crippen LogP contribution in [0.2, 0.25) is 0 Å². The van der Waals surface area contributed by atoms with Crippen LogP contribution in [0.1, 0.15) is 17.7 Å². The van der Waals surface area contributed by atoms with Crippen molar-refractivity contribution in [3.8, 4) is 11.3 Å². The van der Waals surface area contributed by atoms with E-state index in [1.54, 1.807) is 0 Å². The van der Waals surface area contributed by atoms with Crippen LogP contribution in [-0.2, 0) is 12.8 Å². The van der Waals surface area contributed by atoms with Gasteiger partial charge in [-0.15, -0.1) is 0 Å². The van der Waals surface area contributed by atoms with Crippen molar-refractivity contribution in [2.24, 2.45) is 5.73 Å². The molecular formula is C13H15N3. The molecule has 3 nitrogen and oxygen atoms in total. The van der Waals surface area contributed by atoms with Gasteiger partial charge in [0.1, 0.15) is 0 Å². The molecule has 3 heteroatoms. The third-order valence-corrected chi connectivity index (χ3v) is 3.23. The van der Waals surface area contributed by atoms with Crippen LogP contribution < -0.4 is 5.73 Å². The van der Waals surface area contributed by atoms with Crippen LogP contribution in [0.25, 0.3) is 11.3 Å². The van der Waals surface area contributed by atoms with Crippen LogP contribution in [0.3, 0.4) is 0 Å². The monoisotopic (exact) mass is 213 g/mol. The number of hydrogen-bond donors (Lipinski definition) is 2. The number of hydrogen-bond acceptors (Lipinski definition) is 2. The van der Waals surface area contributed by atoms with Gasteiger partial charge >= 0.3 is 0 Å². The second kappa shape index (κ2) is 3.76. The maximum atomic E-state index is 6.01. The molecule has 1 atom stereocenters. The minimum atomic E-state index is 0.285. The van der Waals surface area contributed by atoms with Crippen molar-refractivity contribution in [2.75, 3.05) is 0 Å². The van der Waals surface area contributed by atoms with E-state index in [0.717, 1.165) is 25.0 Å². The topological polar surface area (TPSA) is 54.7 Å². The Morgan fingerprint density at radius 3 is 2.88 bits per heavy atom. The van der Waals surface area contributed by atoms with Gasteiger partial charge in [-0.25, -0.2) is 0 Å². The Kier molecular flexibility index (Phi) is 2.26. The first-order valence-corrected chi connectivity index (χ1v) is 5.71. The molecule has 0 amide bonds. The molecule has 1 aliphatic carbocycles. The summed E-state index contributed by atoms with van der Waals surface area (Å²) in [7, 11) is 0. The Hall–Kier alpha value is -1.61. The van der Waals surface area contributed by atoms with Gasteiger partial charge in [0.2, 0.25) is 0 Å². The average Bonchev–Trinajstić information content (AvgIpc) is 2.73. The number of aromatic amines is 1. The number of nitrogens with one attached hydrogen (secondary N) is 1. The maximum Gasteiger partial charge on any atom is 0.0956 e. The molecule has 3 N–H and O–H groups in total. The summed E-state index contributed by atoms with van der Waals surface area (Å²) in [6.45, 7) is 0. The summed E-state index contributed by atoms with van der Waals surface area (Å²) in [6, 6.07) is 10.6. The molecule has 1 aliphatic rings. The lowest BCUT2D eigenvalue weighted by Crippen LogP contribution is -2.27. The van der Waals surface area contributed by atoms with Gasteiger partial charge in [0.25, 0.3) is 0 Å². The number of benzene rings is 1. The number of fused-ring (bicyclic) bond motifs is 1. The highest BCUT2D eigenvalue weighted by Crippen LogP contribution is 2.28. The van der Waals surface area contributed by atoms with Gasteiger partial charge in [0.15, 0.2) is 0 Å². The van der Waals surface area contributed by atoms with Crippen LogP contribution in [0.5, 0.6) is 0 Å². The number of aromatic nitrogens is 2. The molecule has 0 bridgehead atoms. The third kappa shape index (κ3) is 1.53. The molecule has 0 saturated heterocycles. The Balaban J connectivity index is 2.07. The van der Waals surface area contributed by atoms with E-state index < -0.39 is 0 Å². The normalized spacial score (nSPS) is 19.4. The maximum absolute atomic E-state index is 6.01. The summed E-state index contributed by atoms with van der Waals surface area (Å²) in [6.07, 6.45) is 3.02. The molecule has 1 heterocycles. The highest BCUT2D eigenvalue weighted by Gasteiger charge is 2.21. The number of nitrogens with two attached hydrogens (primary N) is 1. The van der Waals surface area contributed by atoms with Gasteiger partial charge in [-0.2, -0.15) is 5.10 Å². The van der Waals surface area contributed by atoms with Crippen LogP contribution >= 0.6 is 0 Å². The zero-order chi connectivity index (χ0) is 11.0. The van der Waals surface area contributed by atoms with Gasteiger partial charge in [-0.3, -0.25) is 5.10 Å². The second-order valence-corrected chi connectivity index (χ2v) is 4.40. The van der Waals surface area contributed by atoms with Crippen molar-refractivity contribution in [2.45, 2.75) is 25.3 Å². The van der Waals surface area contributed by atoms with Gasteiger partial charge < -0.3 is 5.73 Å². The standard InChI is InChI=1S/C13H15N3/c14-10-6-7-12-11(8-10)13(16-15-12)9-4-2-1-3-5-9/h1-5,10H,6-8,14H2,(H,15,16)/t10-/m0/s1. The van der Waals surface area contributed by atoms with E-state index in [1.165, 1.54) is 16.8 Å².